The summed E-state index contributed by atoms with van der Waals surface area (Å²) in [4.78, 5) is 28.4. The Bertz CT molecular complexity index is 643. The van der Waals surface area contributed by atoms with Crippen molar-refractivity contribution in [1.29, 1.82) is 0 Å². The third kappa shape index (κ3) is 4.55. The fraction of sp³-hybridized carbons (Fsp3) is 0.600. The SMILES string of the molecule is COc1cccc([C@H]2CN(CC(=O)N3CCCCC3)C[C@@H]2NC(C)=O)c1. The third-order valence-electron chi connectivity index (χ3n) is 5.37. The minimum Gasteiger partial charge on any atom is -0.497 e. The summed E-state index contributed by atoms with van der Waals surface area (Å²) >= 11 is 0. The van der Waals surface area contributed by atoms with Crippen molar-refractivity contribution < 1.29 is 14.3 Å². The van der Waals surface area contributed by atoms with Crippen molar-refractivity contribution in [1.82, 2.24) is 15.1 Å². The minimum absolute atomic E-state index is 0.00811. The Morgan fingerprint density at radius 2 is 1.96 bits per heavy atom. The van der Waals surface area contributed by atoms with Gasteiger partial charge in [0.2, 0.25) is 11.8 Å². The summed E-state index contributed by atoms with van der Waals surface area (Å²) in [6, 6.07) is 7.99. The molecule has 0 bridgehead atoms. The van der Waals surface area contributed by atoms with Crippen molar-refractivity contribution in [3.05, 3.63) is 29.8 Å². The lowest BCUT2D eigenvalue weighted by Gasteiger charge is -2.28. The molecule has 2 fully saturated rings. The van der Waals surface area contributed by atoms with Crippen LogP contribution in [0.5, 0.6) is 5.75 Å². The van der Waals surface area contributed by atoms with Crippen molar-refractivity contribution in [2.24, 2.45) is 0 Å². The Morgan fingerprint density at radius 1 is 1.19 bits per heavy atom. The Hall–Kier alpha value is -2.08. The second kappa shape index (κ2) is 8.54. The number of likely N-dealkylation sites (tertiary alicyclic amines) is 2. The van der Waals surface area contributed by atoms with Crippen LogP contribution in [0.2, 0.25) is 0 Å². The lowest BCUT2D eigenvalue weighted by atomic mass is 9.94. The highest BCUT2D eigenvalue weighted by Gasteiger charge is 2.36. The molecule has 2 amide bonds. The van der Waals surface area contributed by atoms with Crippen LogP contribution in [0.25, 0.3) is 0 Å². The highest BCUT2D eigenvalue weighted by Crippen LogP contribution is 2.30. The highest BCUT2D eigenvalue weighted by molar-refractivity contribution is 5.78. The van der Waals surface area contributed by atoms with Crippen LogP contribution in [-0.2, 0) is 9.59 Å². The van der Waals surface area contributed by atoms with Crippen LogP contribution in [0.4, 0.5) is 0 Å². The number of methoxy groups -OCH3 is 1. The average molecular weight is 359 g/mol. The normalized spacial score (nSPS) is 23.7. The molecule has 0 aliphatic carbocycles. The molecule has 1 aromatic carbocycles. The Balaban J connectivity index is 1.69. The molecule has 142 valence electrons. The number of rotatable bonds is 5. The van der Waals surface area contributed by atoms with Crippen molar-refractivity contribution in [2.45, 2.75) is 38.1 Å². The molecule has 0 spiro atoms. The molecular formula is C20H29N3O3. The summed E-state index contributed by atoms with van der Waals surface area (Å²) in [6.07, 6.45) is 3.43. The standard InChI is InChI=1S/C20H29N3O3/c1-15(24)21-19-13-22(14-20(25)23-9-4-3-5-10-23)12-18(19)16-7-6-8-17(11-16)26-2/h6-8,11,18-19H,3-5,9-10,12-14H2,1-2H3,(H,21,24)/t18-,19+/m1/s1. The molecule has 2 saturated heterocycles. The Morgan fingerprint density at radius 3 is 2.65 bits per heavy atom. The van der Waals surface area contributed by atoms with Crippen molar-refractivity contribution >= 4 is 11.8 Å². The van der Waals surface area contributed by atoms with Gasteiger partial charge in [-0.05, 0) is 37.0 Å². The summed E-state index contributed by atoms with van der Waals surface area (Å²) in [5.41, 5.74) is 1.14. The first-order valence-corrected chi connectivity index (χ1v) is 9.48. The molecule has 0 unspecified atom stereocenters. The Kier molecular flexibility index (Phi) is 6.14. The van der Waals surface area contributed by atoms with E-state index in [0.29, 0.717) is 13.1 Å². The van der Waals surface area contributed by atoms with Crippen LogP contribution in [-0.4, -0.2) is 67.5 Å². The van der Waals surface area contributed by atoms with Gasteiger partial charge < -0.3 is 15.0 Å². The maximum absolute atomic E-state index is 12.6. The number of piperidine rings is 1. The zero-order valence-corrected chi connectivity index (χ0v) is 15.7. The molecule has 0 saturated carbocycles. The maximum atomic E-state index is 12.6. The first-order valence-electron chi connectivity index (χ1n) is 9.48. The molecule has 6 nitrogen and oxygen atoms in total. The predicted molar refractivity (Wildman–Crippen MR) is 100 cm³/mol. The molecule has 0 radical (unpaired) electrons. The van der Waals surface area contributed by atoms with E-state index in [0.717, 1.165) is 43.8 Å². The zero-order chi connectivity index (χ0) is 18.5. The van der Waals surface area contributed by atoms with E-state index in [4.69, 9.17) is 4.74 Å². The van der Waals surface area contributed by atoms with Gasteiger partial charge in [-0.2, -0.15) is 0 Å². The predicted octanol–water partition coefficient (Wildman–Crippen LogP) is 1.61. The lowest BCUT2D eigenvalue weighted by molar-refractivity contribution is -0.133. The van der Waals surface area contributed by atoms with Gasteiger partial charge in [-0.3, -0.25) is 14.5 Å². The van der Waals surface area contributed by atoms with Crippen molar-refractivity contribution in [3.8, 4) is 5.75 Å². The van der Waals surface area contributed by atoms with Crippen LogP contribution in [0.3, 0.4) is 0 Å². The monoisotopic (exact) mass is 359 g/mol. The molecule has 2 heterocycles. The van der Waals surface area contributed by atoms with Crippen LogP contribution < -0.4 is 10.1 Å². The van der Waals surface area contributed by atoms with Gasteiger partial charge in [0.05, 0.1) is 13.7 Å². The minimum atomic E-state index is -0.0351. The second-order valence-electron chi connectivity index (χ2n) is 7.33. The van der Waals surface area contributed by atoms with E-state index in [1.807, 2.05) is 23.1 Å². The molecule has 2 aliphatic heterocycles. The highest BCUT2D eigenvalue weighted by atomic mass is 16.5. The Labute approximate surface area is 155 Å². The summed E-state index contributed by atoms with van der Waals surface area (Å²) in [6.45, 7) is 5.18. The third-order valence-corrected chi connectivity index (χ3v) is 5.37. The topological polar surface area (TPSA) is 61.9 Å². The van der Waals surface area contributed by atoms with E-state index >= 15 is 0 Å². The smallest absolute Gasteiger partial charge is 0.236 e. The first kappa shape index (κ1) is 18.7. The van der Waals surface area contributed by atoms with Gasteiger partial charge in [0, 0.05) is 45.1 Å². The van der Waals surface area contributed by atoms with Gasteiger partial charge in [0.25, 0.3) is 0 Å². The van der Waals surface area contributed by atoms with Crippen LogP contribution in [0, 0.1) is 0 Å². The van der Waals surface area contributed by atoms with Crippen LogP contribution in [0.15, 0.2) is 24.3 Å². The zero-order valence-electron chi connectivity index (χ0n) is 15.7. The number of carbonyl (C=O) groups excluding carboxylic acids is 2. The average Bonchev–Trinajstić information content (AvgIpc) is 3.04. The molecule has 3 rings (SSSR count). The number of nitrogens with one attached hydrogen (secondary N) is 1. The largest absolute Gasteiger partial charge is 0.497 e. The summed E-state index contributed by atoms with van der Waals surface area (Å²) < 4.78 is 5.34. The van der Waals surface area contributed by atoms with E-state index in [1.54, 1.807) is 14.0 Å². The van der Waals surface area contributed by atoms with E-state index in [2.05, 4.69) is 16.3 Å². The summed E-state index contributed by atoms with van der Waals surface area (Å²) in [5.74, 6) is 1.14. The molecule has 1 aromatic rings. The van der Waals surface area contributed by atoms with E-state index < -0.39 is 0 Å². The van der Waals surface area contributed by atoms with E-state index in [-0.39, 0.29) is 23.8 Å². The van der Waals surface area contributed by atoms with Crippen molar-refractivity contribution in [2.75, 3.05) is 39.8 Å². The van der Waals surface area contributed by atoms with E-state index in [9.17, 15) is 9.59 Å². The summed E-state index contributed by atoms with van der Waals surface area (Å²) in [7, 11) is 1.66. The van der Waals surface area contributed by atoms with Gasteiger partial charge in [0.15, 0.2) is 0 Å². The number of carbonyl (C=O) groups is 2. The number of ether oxygens (including phenoxy) is 1. The lowest BCUT2D eigenvalue weighted by Crippen LogP contribution is -2.43. The van der Waals surface area contributed by atoms with Crippen LogP contribution >= 0.6 is 0 Å². The number of amides is 2. The molecule has 0 aromatic heterocycles. The molecular weight excluding hydrogens is 330 g/mol. The molecule has 2 atom stereocenters. The fourth-order valence-corrected chi connectivity index (χ4v) is 4.07. The number of hydrogen-bond acceptors (Lipinski definition) is 4. The van der Waals surface area contributed by atoms with Gasteiger partial charge in [0.1, 0.15) is 5.75 Å². The molecule has 2 aliphatic rings. The van der Waals surface area contributed by atoms with Gasteiger partial charge in [-0.25, -0.2) is 0 Å². The maximum Gasteiger partial charge on any atom is 0.236 e. The quantitative estimate of drug-likeness (QED) is 0.868. The molecule has 1 N–H and O–H groups in total. The van der Waals surface area contributed by atoms with Gasteiger partial charge in [-0.15, -0.1) is 0 Å². The first-order chi connectivity index (χ1) is 12.6. The molecule has 6 heteroatoms. The van der Waals surface area contributed by atoms with Gasteiger partial charge >= 0.3 is 0 Å². The molecule has 26 heavy (non-hydrogen) atoms. The second-order valence-corrected chi connectivity index (χ2v) is 7.33. The fourth-order valence-electron chi connectivity index (χ4n) is 4.07. The number of benzene rings is 1. The van der Waals surface area contributed by atoms with E-state index in [1.165, 1.54) is 6.42 Å². The van der Waals surface area contributed by atoms with Crippen molar-refractivity contribution in [3.63, 3.8) is 0 Å². The summed E-state index contributed by atoms with van der Waals surface area (Å²) in [5, 5.41) is 3.06. The number of nitrogens with zero attached hydrogens (tertiary/aromatic N) is 2. The van der Waals surface area contributed by atoms with Crippen LogP contribution in [0.1, 0.15) is 37.7 Å². The van der Waals surface area contributed by atoms with Gasteiger partial charge in [-0.1, -0.05) is 12.1 Å². The number of hydrogen-bond donors (Lipinski definition) is 1.